The third-order valence-electron chi connectivity index (χ3n) is 1.74. The predicted octanol–water partition coefficient (Wildman–Crippen LogP) is 3.60. The fourth-order valence-corrected chi connectivity index (χ4v) is 2.23. The maximum Gasteiger partial charge on any atom is 0.141 e. The van der Waals surface area contributed by atoms with Crippen LogP contribution in [0.3, 0.4) is 0 Å². The van der Waals surface area contributed by atoms with Gasteiger partial charge in [0.15, 0.2) is 0 Å². The van der Waals surface area contributed by atoms with Gasteiger partial charge in [0, 0.05) is 5.56 Å². The average molecular weight is 251 g/mol. The second-order valence-corrected chi connectivity index (χ2v) is 4.68. The number of rotatable bonds is 4. The lowest BCUT2D eigenvalue weighted by molar-refractivity contribution is 0.979. The van der Waals surface area contributed by atoms with E-state index in [9.17, 15) is 0 Å². The summed E-state index contributed by atoms with van der Waals surface area (Å²) < 4.78 is 0. The van der Waals surface area contributed by atoms with Crippen molar-refractivity contribution in [2.45, 2.75) is 26.0 Å². The fraction of sp³-hybridized carbons (Fsp3) is 0.556. The Labute approximate surface area is 98.4 Å². The number of halogens is 2. The minimum absolute atomic E-state index is 0.485. The lowest BCUT2D eigenvalue weighted by Gasteiger charge is -2.05. The molecule has 0 N–H and O–H groups in total. The van der Waals surface area contributed by atoms with Gasteiger partial charge in [0.05, 0.1) is 5.75 Å². The number of aromatic nitrogens is 2. The summed E-state index contributed by atoms with van der Waals surface area (Å²) >= 11 is 13.7. The van der Waals surface area contributed by atoms with Crippen LogP contribution in [0.15, 0.2) is 0 Å². The number of hydrogen-bond acceptors (Lipinski definition) is 3. The molecule has 0 aliphatic heterocycles. The standard InChI is InChI=1S/C9H12Cl2N2S/c1-3-6-8(10)12-7(5-14-4-2)13-9(6)11/h3-5H2,1-2H3. The molecule has 5 heteroatoms. The van der Waals surface area contributed by atoms with E-state index in [1.807, 2.05) is 6.92 Å². The summed E-state index contributed by atoms with van der Waals surface area (Å²) in [6.07, 6.45) is 0.763. The van der Waals surface area contributed by atoms with Gasteiger partial charge in [-0.1, -0.05) is 37.0 Å². The molecule has 0 radical (unpaired) electrons. The number of nitrogens with zero attached hydrogens (tertiary/aromatic N) is 2. The van der Waals surface area contributed by atoms with Crippen molar-refractivity contribution in [2.24, 2.45) is 0 Å². The Morgan fingerprint density at radius 1 is 1.14 bits per heavy atom. The highest BCUT2D eigenvalue weighted by atomic mass is 35.5. The van der Waals surface area contributed by atoms with Gasteiger partial charge >= 0.3 is 0 Å². The third kappa shape index (κ3) is 3.01. The summed E-state index contributed by atoms with van der Waals surface area (Å²) in [5.41, 5.74) is 0.832. The SMILES string of the molecule is CCSCc1nc(Cl)c(CC)c(Cl)n1. The molecule has 0 saturated heterocycles. The van der Waals surface area contributed by atoms with Crippen LogP contribution < -0.4 is 0 Å². The van der Waals surface area contributed by atoms with Crippen LogP contribution in [0.4, 0.5) is 0 Å². The van der Waals surface area contributed by atoms with Gasteiger partial charge in [0.25, 0.3) is 0 Å². The highest BCUT2D eigenvalue weighted by Crippen LogP contribution is 2.22. The van der Waals surface area contributed by atoms with E-state index in [1.165, 1.54) is 0 Å². The Bertz CT molecular complexity index is 295. The minimum Gasteiger partial charge on any atom is -0.220 e. The van der Waals surface area contributed by atoms with Crippen molar-refractivity contribution in [3.05, 3.63) is 21.7 Å². The van der Waals surface area contributed by atoms with Gasteiger partial charge in [0.1, 0.15) is 16.1 Å². The van der Waals surface area contributed by atoms with E-state index in [2.05, 4.69) is 16.9 Å². The van der Waals surface area contributed by atoms with Crippen LogP contribution in [-0.4, -0.2) is 15.7 Å². The van der Waals surface area contributed by atoms with Crippen molar-refractivity contribution in [3.8, 4) is 0 Å². The fourth-order valence-electron chi connectivity index (χ4n) is 1.02. The Morgan fingerprint density at radius 2 is 1.71 bits per heavy atom. The van der Waals surface area contributed by atoms with Crippen LogP contribution in [0, 0.1) is 0 Å². The van der Waals surface area contributed by atoms with Crippen molar-refractivity contribution < 1.29 is 0 Å². The lowest BCUT2D eigenvalue weighted by atomic mass is 10.3. The van der Waals surface area contributed by atoms with Crippen LogP contribution in [-0.2, 0) is 12.2 Å². The molecule has 0 saturated carbocycles. The van der Waals surface area contributed by atoms with E-state index < -0.39 is 0 Å². The molecule has 0 aliphatic rings. The Balaban J connectivity index is 2.90. The maximum atomic E-state index is 5.97. The van der Waals surface area contributed by atoms with Gasteiger partial charge < -0.3 is 0 Å². The van der Waals surface area contributed by atoms with Gasteiger partial charge in [-0.3, -0.25) is 0 Å². The van der Waals surface area contributed by atoms with E-state index in [0.717, 1.165) is 23.5 Å². The molecule has 0 bridgehead atoms. The Morgan fingerprint density at radius 3 is 2.14 bits per heavy atom. The molecule has 0 unspecified atom stereocenters. The molecule has 0 amide bonds. The molecule has 1 aromatic heterocycles. The van der Waals surface area contributed by atoms with Crippen LogP contribution in [0.25, 0.3) is 0 Å². The van der Waals surface area contributed by atoms with Crippen LogP contribution in [0.2, 0.25) is 10.3 Å². The van der Waals surface area contributed by atoms with E-state index in [0.29, 0.717) is 16.1 Å². The van der Waals surface area contributed by atoms with Gasteiger partial charge in [-0.05, 0) is 12.2 Å². The van der Waals surface area contributed by atoms with Crippen LogP contribution in [0.5, 0.6) is 0 Å². The molecule has 1 aromatic rings. The third-order valence-corrected chi connectivity index (χ3v) is 3.24. The van der Waals surface area contributed by atoms with Crippen molar-refractivity contribution >= 4 is 35.0 Å². The molecular formula is C9H12Cl2N2S. The second-order valence-electron chi connectivity index (χ2n) is 2.69. The van der Waals surface area contributed by atoms with E-state index in [4.69, 9.17) is 23.2 Å². The number of hydrogen-bond donors (Lipinski definition) is 0. The predicted molar refractivity (Wildman–Crippen MR) is 63.3 cm³/mol. The topological polar surface area (TPSA) is 25.8 Å². The first-order valence-electron chi connectivity index (χ1n) is 4.47. The molecule has 0 aliphatic carbocycles. The van der Waals surface area contributed by atoms with Crippen molar-refractivity contribution in [1.29, 1.82) is 0 Å². The first-order valence-corrected chi connectivity index (χ1v) is 6.38. The van der Waals surface area contributed by atoms with E-state index in [1.54, 1.807) is 11.8 Å². The van der Waals surface area contributed by atoms with Crippen molar-refractivity contribution in [2.75, 3.05) is 5.75 Å². The largest absolute Gasteiger partial charge is 0.220 e. The van der Waals surface area contributed by atoms with E-state index >= 15 is 0 Å². The van der Waals surface area contributed by atoms with Gasteiger partial charge in [0.2, 0.25) is 0 Å². The summed E-state index contributed by atoms with van der Waals surface area (Å²) in [6, 6.07) is 0. The molecule has 0 atom stereocenters. The zero-order valence-corrected chi connectivity index (χ0v) is 10.5. The second kappa shape index (κ2) is 5.79. The molecule has 0 spiro atoms. The molecule has 1 heterocycles. The summed E-state index contributed by atoms with van der Waals surface area (Å²) in [6.45, 7) is 4.07. The highest BCUT2D eigenvalue weighted by molar-refractivity contribution is 7.98. The Hall–Kier alpha value is 0.01000. The molecule has 0 fully saturated rings. The van der Waals surface area contributed by atoms with E-state index in [-0.39, 0.29) is 0 Å². The van der Waals surface area contributed by atoms with Crippen LogP contribution in [0.1, 0.15) is 25.2 Å². The molecule has 14 heavy (non-hydrogen) atoms. The van der Waals surface area contributed by atoms with Crippen molar-refractivity contribution in [1.82, 2.24) is 9.97 Å². The highest BCUT2D eigenvalue weighted by Gasteiger charge is 2.09. The molecular weight excluding hydrogens is 239 g/mol. The summed E-state index contributed by atoms with van der Waals surface area (Å²) in [4.78, 5) is 8.38. The summed E-state index contributed by atoms with van der Waals surface area (Å²) in [5.74, 6) is 2.51. The molecule has 0 aromatic carbocycles. The van der Waals surface area contributed by atoms with Gasteiger partial charge in [-0.15, -0.1) is 0 Å². The summed E-state index contributed by atoms with van der Waals surface area (Å²) in [7, 11) is 0. The summed E-state index contributed by atoms with van der Waals surface area (Å²) in [5, 5.41) is 0.971. The first-order chi connectivity index (χ1) is 6.69. The molecule has 1 rings (SSSR count). The van der Waals surface area contributed by atoms with Crippen LogP contribution >= 0.6 is 35.0 Å². The monoisotopic (exact) mass is 250 g/mol. The number of thioether (sulfide) groups is 1. The molecule has 78 valence electrons. The zero-order chi connectivity index (χ0) is 10.6. The van der Waals surface area contributed by atoms with Gasteiger partial charge in [-0.25, -0.2) is 9.97 Å². The van der Waals surface area contributed by atoms with Gasteiger partial charge in [-0.2, -0.15) is 11.8 Å². The zero-order valence-electron chi connectivity index (χ0n) is 8.18. The smallest absolute Gasteiger partial charge is 0.141 e. The Kier molecular flexibility index (Phi) is 4.99. The quantitative estimate of drug-likeness (QED) is 0.764. The normalized spacial score (nSPS) is 10.6. The lowest BCUT2D eigenvalue weighted by Crippen LogP contribution is -1.98. The van der Waals surface area contributed by atoms with Crippen molar-refractivity contribution in [3.63, 3.8) is 0 Å². The molecule has 2 nitrogen and oxygen atoms in total. The average Bonchev–Trinajstić information content (AvgIpc) is 2.14. The first kappa shape index (κ1) is 12.1. The minimum atomic E-state index is 0.485. The maximum absolute atomic E-state index is 5.97.